The molecule has 1 aromatic heterocycles. The number of hydrogen-bond donors (Lipinski definition) is 1. The van der Waals surface area contributed by atoms with Crippen molar-refractivity contribution < 1.29 is 5.11 Å². The van der Waals surface area contributed by atoms with Crippen molar-refractivity contribution in [2.75, 3.05) is 13.7 Å². The minimum atomic E-state index is 0.110. The van der Waals surface area contributed by atoms with Gasteiger partial charge in [-0.15, -0.1) is 0 Å². The van der Waals surface area contributed by atoms with Gasteiger partial charge in [0.15, 0.2) is 0 Å². The van der Waals surface area contributed by atoms with Crippen molar-refractivity contribution in [3.63, 3.8) is 0 Å². The zero-order chi connectivity index (χ0) is 15.1. The summed E-state index contributed by atoms with van der Waals surface area (Å²) >= 11 is 0. The molecule has 110 valence electrons. The quantitative estimate of drug-likeness (QED) is 0.851. The maximum atomic E-state index is 8.75. The predicted octanol–water partition coefficient (Wildman–Crippen LogP) is 1.79. The molecule has 1 N–H and O–H groups in total. The standard InChI is InChI=1S/C17H21N3O/c1-19(14-17-18-9-10-20(17)2)13-16-8-5-7-15(12-16)6-3-4-11-21/h5,7-10,12,21H,4,11,13-14H2,1-2H3. The number of imidazole rings is 1. The Balaban J connectivity index is 1.98. The van der Waals surface area contributed by atoms with Crippen LogP contribution >= 0.6 is 0 Å². The fourth-order valence-corrected chi connectivity index (χ4v) is 2.13. The molecule has 2 rings (SSSR count). The maximum Gasteiger partial charge on any atom is 0.122 e. The van der Waals surface area contributed by atoms with Gasteiger partial charge in [-0.3, -0.25) is 4.90 Å². The Morgan fingerprint density at radius 2 is 2.19 bits per heavy atom. The first-order valence-corrected chi connectivity index (χ1v) is 7.02. The van der Waals surface area contributed by atoms with Crippen LogP contribution in [-0.2, 0) is 20.1 Å². The van der Waals surface area contributed by atoms with Crippen molar-refractivity contribution >= 4 is 0 Å². The largest absolute Gasteiger partial charge is 0.395 e. The summed E-state index contributed by atoms with van der Waals surface area (Å²) in [5.41, 5.74) is 2.22. The van der Waals surface area contributed by atoms with E-state index in [4.69, 9.17) is 5.11 Å². The molecule has 0 atom stereocenters. The van der Waals surface area contributed by atoms with Gasteiger partial charge in [0.1, 0.15) is 5.82 Å². The van der Waals surface area contributed by atoms with Gasteiger partial charge in [-0.2, -0.15) is 0 Å². The molecule has 0 saturated heterocycles. The summed E-state index contributed by atoms with van der Waals surface area (Å²) in [6.45, 7) is 1.77. The van der Waals surface area contributed by atoms with E-state index in [0.29, 0.717) is 6.42 Å². The molecule has 2 aromatic rings. The van der Waals surface area contributed by atoms with Crippen molar-refractivity contribution in [3.8, 4) is 11.8 Å². The molecule has 0 fully saturated rings. The molecule has 0 radical (unpaired) electrons. The number of aryl methyl sites for hydroxylation is 1. The summed E-state index contributed by atoms with van der Waals surface area (Å²) in [4.78, 5) is 6.56. The van der Waals surface area contributed by atoms with Crippen LogP contribution < -0.4 is 0 Å². The lowest BCUT2D eigenvalue weighted by Crippen LogP contribution is -2.19. The van der Waals surface area contributed by atoms with Crippen LogP contribution in [-0.4, -0.2) is 33.2 Å². The van der Waals surface area contributed by atoms with Crippen LogP contribution in [0.25, 0.3) is 0 Å². The Labute approximate surface area is 126 Å². The topological polar surface area (TPSA) is 41.3 Å². The Morgan fingerprint density at radius 1 is 1.33 bits per heavy atom. The molecule has 0 amide bonds. The first-order valence-electron chi connectivity index (χ1n) is 7.02. The van der Waals surface area contributed by atoms with Gasteiger partial charge >= 0.3 is 0 Å². The molecule has 4 heteroatoms. The van der Waals surface area contributed by atoms with Crippen molar-refractivity contribution in [2.24, 2.45) is 7.05 Å². The Hall–Kier alpha value is -2.09. The number of benzene rings is 1. The molecular weight excluding hydrogens is 262 g/mol. The van der Waals surface area contributed by atoms with Gasteiger partial charge in [-0.25, -0.2) is 4.98 Å². The number of aliphatic hydroxyl groups is 1. The van der Waals surface area contributed by atoms with Crippen LogP contribution in [0.4, 0.5) is 0 Å². The van der Waals surface area contributed by atoms with Crippen LogP contribution in [0.3, 0.4) is 0 Å². The molecule has 0 bridgehead atoms. The van der Waals surface area contributed by atoms with Crippen molar-refractivity contribution in [1.29, 1.82) is 0 Å². The molecule has 21 heavy (non-hydrogen) atoms. The SMILES string of the molecule is CN(Cc1cccc(C#CCCO)c1)Cc1nccn1C. The average molecular weight is 283 g/mol. The van der Waals surface area contributed by atoms with Gasteiger partial charge in [-0.05, 0) is 24.7 Å². The van der Waals surface area contributed by atoms with E-state index in [2.05, 4.69) is 40.9 Å². The molecule has 0 aliphatic carbocycles. The third-order valence-electron chi connectivity index (χ3n) is 3.18. The second-order valence-corrected chi connectivity index (χ2v) is 5.10. The summed E-state index contributed by atoms with van der Waals surface area (Å²) in [5, 5.41) is 8.75. The number of aliphatic hydroxyl groups excluding tert-OH is 1. The zero-order valence-electron chi connectivity index (χ0n) is 12.6. The van der Waals surface area contributed by atoms with E-state index in [9.17, 15) is 0 Å². The summed E-state index contributed by atoms with van der Waals surface area (Å²) in [6, 6.07) is 8.21. The van der Waals surface area contributed by atoms with Gasteiger partial charge in [0.2, 0.25) is 0 Å². The summed E-state index contributed by atoms with van der Waals surface area (Å²) in [5.74, 6) is 7.07. The maximum absolute atomic E-state index is 8.75. The molecule has 0 aliphatic heterocycles. The van der Waals surface area contributed by atoms with Crippen LogP contribution in [0, 0.1) is 11.8 Å². The van der Waals surface area contributed by atoms with Crippen LogP contribution in [0.15, 0.2) is 36.7 Å². The Bertz CT molecular complexity index is 637. The lowest BCUT2D eigenvalue weighted by Gasteiger charge is -2.16. The highest BCUT2D eigenvalue weighted by atomic mass is 16.2. The van der Waals surface area contributed by atoms with Gasteiger partial charge in [0, 0.05) is 38.0 Å². The van der Waals surface area contributed by atoms with E-state index in [-0.39, 0.29) is 6.61 Å². The fraction of sp³-hybridized carbons (Fsp3) is 0.353. The first kappa shape index (κ1) is 15.3. The molecule has 0 spiro atoms. The smallest absolute Gasteiger partial charge is 0.122 e. The normalized spacial score (nSPS) is 10.5. The molecule has 0 unspecified atom stereocenters. The van der Waals surface area contributed by atoms with Gasteiger partial charge in [0.25, 0.3) is 0 Å². The molecule has 1 heterocycles. The van der Waals surface area contributed by atoms with Gasteiger partial charge in [0.05, 0.1) is 13.2 Å². The third-order valence-corrected chi connectivity index (χ3v) is 3.18. The van der Waals surface area contributed by atoms with Gasteiger partial charge in [-0.1, -0.05) is 24.0 Å². The molecule has 0 saturated carbocycles. The number of aromatic nitrogens is 2. The van der Waals surface area contributed by atoms with Crippen molar-refractivity contribution in [3.05, 3.63) is 53.6 Å². The number of hydrogen-bond acceptors (Lipinski definition) is 3. The highest BCUT2D eigenvalue weighted by Crippen LogP contribution is 2.09. The molecule has 1 aromatic carbocycles. The number of nitrogens with zero attached hydrogens (tertiary/aromatic N) is 3. The van der Waals surface area contributed by atoms with Crippen LogP contribution in [0.1, 0.15) is 23.4 Å². The summed E-state index contributed by atoms with van der Waals surface area (Å²) in [6.07, 6.45) is 4.30. The van der Waals surface area contributed by atoms with Crippen molar-refractivity contribution in [1.82, 2.24) is 14.5 Å². The molecular formula is C17H21N3O. The third kappa shape index (κ3) is 4.75. The highest BCUT2D eigenvalue weighted by molar-refractivity contribution is 5.37. The lowest BCUT2D eigenvalue weighted by molar-refractivity contribution is 0.305. The van der Waals surface area contributed by atoms with Gasteiger partial charge < -0.3 is 9.67 Å². The predicted molar refractivity (Wildman–Crippen MR) is 83.4 cm³/mol. The average Bonchev–Trinajstić information content (AvgIpc) is 2.85. The fourth-order valence-electron chi connectivity index (χ4n) is 2.13. The minimum absolute atomic E-state index is 0.110. The van der Waals surface area contributed by atoms with E-state index in [1.807, 2.05) is 36.1 Å². The first-order chi connectivity index (χ1) is 10.2. The highest BCUT2D eigenvalue weighted by Gasteiger charge is 2.05. The second-order valence-electron chi connectivity index (χ2n) is 5.10. The second kappa shape index (κ2) is 7.63. The van der Waals surface area contributed by atoms with Crippen LogP contribution in [0.5, 0.6) is 0 Å². The summed E-state index contributed by atoms with van der Waals surface area (Å²) in [7, 11) is 4.09. The van der Waals surface area contributed by atoms with E-state index in [1.165, 1.54) is 5.56 Å². The van der Waals surface area contributed by atoms with E-state index < -0.39 is 0 Å². The Kier molecular flexibility index (Phi) is 5.56. The number of rotatable bonds is 5. The van der Waals surface area contributed by atoms with Crippen LogP contribution in [0.2, 0.25) is 0 Å². The molecule has 0 aliphatic rings. The van der Waals surface area contributed by atoms with E-state index in [1.54, 1.807) is 0 Å². The lowest BCUT2D eigenvalue weighted by atomic mass is 10.1. The Morgan fingerprint density at radius 3 is 2.90 bits per heavy atom. The van der Waals surface area contributed by atoms with E-state index in [0.717, 1.165) is 24.5 Å². The minimum Gasteiger partial charge on any atom is -0.395 e. The summed E-state index contributed by atoms with van der Waals surface area (Å²) < 4.78 is 2.04. The molecule has 4 nitrogen and oxygen atoms in total. The zero-order valence-corrected chi connectivity index (χ0v) is 12.6. The monoisotopic (exact) mass is 283 g/mol. The van der Waals surface area contributed by atoms with E-state index >= 15 is 0 Å². The van der Waals surface area contributed by atoms with Crippen molar-refractivity contribution in [2.45, 2.75) is 19.5 Å².